The molecule has 3 rings (SSSR count). The lowest BCUT2D eigenvalue weighted by Crippen LogP contribution is -2.45. The Morgan fingerprint density at radius 3 is 2.95 bits per heavy atom. The zero-order chi connectivity index (χ0) is 14.1. The molecule has 1 aliphatic rings. The minimum Gasteiger partial charge on any atom is -0.393 e. The molecule has 1 amide bonds. The highest BCUT2D eigenvalue weighted by atomic mass is 16.3. The van der Waals surface area contributed by atoms with Gasteiger partial charge in [0.25, 0.3) is 5.91 Å². The van der Waals surface area contributed by atoms with Crippen molar-refractivity contribution in [1.82, 2.24) is 9.88 Å². The summed E-state index contributed by atoms with van der Waals surface area (Å²) >= 11 is 0. The molecule has 0 bridgehead atoms. The van der Waals surface area contributed by atoms with E-state index in [0.29, 0.717) is 25.2 Å². The van der Waals surface area contributed by atoms with E-state index in [9.17, 15) is 9.90 Å². The molecule has 2 aromatic rings. The molecule has 0 aliphatic carbocycles. The number of piperidine rings is 1. The fraction of sp³-hybridized carbons (Fsp3) is 0.375. The van der Waals surface area contributed by atoms with Crippen molar-refractivity contribution in [1.29, 1.82) is 0 Å². The second kappa shape index (κ2) is 5.21. The van der Waals surface area contributed by atoms with Crippen molar-refractivity contribution in [3.63, 3.8) is 0 Å². The van der Waals surface area contributed by atoms with Crippen LogP contribution in [0.4, 0.5) is 0 Å². The lowest BCUT2D eigenvalue weighted by Gasteiger charge is -2.34. The molecule has 1 N–H and O–H groups in total. The lowest BCUT2D eigenvalue weighted by atomic mass is 9.96. The third-order valence-electron chi connectivity index (χ3n) is 4.02. The summed E-state index contributed by atoms with van der Waals surface area (Å²) in [5.74, 6) is 0.0724. The summed E-state index contributed by atoms with van der Waals surface area (Å²) in [7, 11) is 0. The van der Waals surface area contributed by atoms with Gasteiger partial charge in [-0.2, -0.15) is 0 Å². The van der Waals surface area contributed by atoms with E-state index in [1.165, 1.54) is 0 Å². The predicted octanol–water partition coefficient (Wildman–Crippen LogP) is 2.08. The summed E-state index contributed by atoms with van der Waals surface area (Å²) < 4.78 is 0. The first-order valence-electron chi connectivity index (χ1n) is 6.98. The molecular weight excluding hydrogens is 252 g/mol. The maximum absolute atomic E-state index is 12.6. The second-order valence-electron chi connectivity index (χ2n) is 5.47. The molecule has 0 saturated carbocycles. The molecule has 4 nitrogen and oxygen atoms in total. The Morgan fingerprint density at radius 1 is 1.35 bits per heavy atom. The van der Waals surface area contributed by atoms with E-state index in [2.05, 4.69) is 4.98 Å². The zero-order valence-corrected chi connectivity index (χ0v) is 11.5. The third-order valence-corrected chi connectivity index (χ3v) is 4.02. The van der Waals surface area contributed by atoms with Crippen LogP contribution in [-0.2, 0) is 0 Å². The van der Waals surface area contributed by atoms with Gasteiger partial charge in [-0.1, -0.05) is 31.2 Å². The molecule has 0 spiro atoms. The van der Waals surface area contributed by atoms with E-state index in [4.69, 9.17) is 0 Å². The number of carbonyl (C=O) groups excluding carboxylic acids is 1. The average Bonchev–Trinajstić information content (AvgIpc) is 2.49. The molecule has 1 aliphatic heterocycles. The topological polar surface area (TPSA) is 53.4 Å². The Kier molecular flexibility index (Phi) is 3.40. The molecule has 1 fully saturated rings. The number of aliphatic hydroxyl groups is 1. The summed E-state index contributed by atoms with van der Waals surface area (Å²) in [6.07, 6.45) is 2.01. The first-order valence-corrected chi connectivity index (χ1v) is 6.98. The fourth-order valence-electron chi connectivity index (χ4n) is 2.76. The fourth-order valence-corrected chi connectivity index (χ4v) is 2.76. The molecule has 1 aromatic carbocycles. The molecule has 20 heavy (non-hydrogen) atoms. The standard InChI is InChI=1S/C16H18N2O2/c1-11-10-18(9-7-14(11)19)16(20)15-13-5-3-2-4-12(13)6-8-17-15/h2-6,8,11,14,19H,7,9-10H2,1H3. The molecule has 2 atom stereocenters. The Hall–Kier alpha value is -1.94. The van der Waals surface area contributed by atoms with Crippen LogP contribution < -0.4 is 0 Å². The van der Waals surface area contributed by atoms with Crippen LogP contribution in [0.5, 0.6) is 0 Å². The predicted molar refractivity (Wildman–Crippen MR) is 77.4 cm³/mol. The van der Waals surface area contributed by atoms with Crippen molar-refractivity contribution in [2.24, 2.45) is 5.92 Å². The van der Waals surface area contributed by atoms with Crippen LogP contribution in [0, 0.1) is 5.92 Å². The van der Waals surface area contributed by atoms with E-state index < -0.39 is 0 Å². The lowest BCUT2D eigenvalue weighted by molar-refractivity contribution is 0.0295. The van der Waals surface area contributed by atoms with E-state index in [-0.39, 0.29) is 17.9 Å². The van der Waals surface area contributed by atoms with Gasteiger partial charge in [-0.3, -0.25) is 9.78 Å². The smallest absolute Gasteiger partial charge is 0.273 e. The van der Waals surface area contributed by atoms with Crippen LogP contribution >= 0.6 is 0 Å². The number of hydrogen-bond donors (Lipinski definition) is 1. The van der Waals surface area contributed by atoms with Gasteiger partial charge in [-0.25, -0.2) is 0 Å². The molecule has 0 radical (unpaired) electrons. The summed E-state index contributed by atoms with van der Waals surface area (Å²) in [6, 6.07) is 9.70. The van der Waals surface area contributed by atoms with Crippen LogP contribution in [-0.4, -0.2) is 40.1 Å². The van der Waals surface area contributed by atoms with Crippen molar-refractivity contribution >= 4 is 16.7 Å². The Balaban J connectivity index is 1.93. The second-order valence-corrected chi connectivity index (χ2v) is 5.47. The van der Waals surface area contributed by atoms with Gasteiger partial charge in [0, 0.05) is 24.7 Å². The highest BCUT2D eigenvalue weighted by Gasteiger charge is 2.28. The molecular formula is C16H18N2O2. The number of pyridine rings is 1. The van der Waals surface area contributed by atoms with Gasteiger partial charge in [0.2, 0.25) is 0 Å². The summed E-state index contributed by atoms with van der Waals surface area (Å²) in [5, 5.41) is 11.7. The van der Waals surface area contributed by atoms with Gasteiger partial charge < -0.3 is 10.0 Å². The van der Waals surface area contributed by atoms with Gasteiger partial charge >= 0.3 is 0 Å². The quantitative estimate of drug-likeness (QED) is 0.863. The molecule has 104 valence electrons. The number of rotatable bonds is 1. The van der Waals surface area contributed by atoms with Crippen LogP contribution in [0.3, 0.4) is 0 Å². The number of fused-ring (bicyclic) bond motifs is 1. The van der Waals surface area contributed by atoms with Crippen molar-refractivity contribution < 1.29 is 9.90 Å². The van der Waals surface area contributed by atoms with Crippen molar-refractivity contribution in [3.05, 3.63) is 42.2 Å². The monoisotopic (exact) mass is 270 g/mol. The zero-order valence-electron chi connectivity index (χ0n) is 11.5. The maximum Gasteiger partial charge on any atom is 0.273 e. The molecule has 4 heteroatoms. The first kappa shape index (κ1) is 13.1. The molecule has 1 saturated heterocycles. The first-order chi connectivity index (χ1) is 9.66. The molecule has 2 unspecified atom stereocenters. The van der Waals surface area contributed by atoms with Crippen molar-refractivity contribution in [3.8, 4) is 0 Å². The third kappa shape index (κ3) is 2.27. The number of hydrogen-bond acceptors (Lipinski definition) is 3. The van der Waals surface area contributed by atoms with E-state index >= 15 is 0 Å². The minimum atomic E-state index is -0.306. The van der Waals surface area contributed by atoms with E-state index in [1.54, 1.807) is 11.1 Å². The summed E-state index contributed by atoms with van der Waals surface area (Å²) in [6.45, 7) is 3.15. The SMILES string of the molecule is CC1CN(C(=O)c2nccc3ccccc23)CCC1O. The van der Waals surface area contributed by atoms with Gasteiger partial charge in [0.15, 0.2) is 0 Å². The largest absolute Gasteiger partial charge is 0.393 e. The maximum atomic E-state index is 12.6. The summed E-state index contributed by atoms with van der Waals surface area (Å²) in [5.41, 5.74) is 0.506. The number of nitrogens with zero attached hydrogens (tertiary/aromatic N) is 2. The Morgan fingerprint density at radius 2 is 2.15 bits per heavy atom. The highest BCUT2D eigenvalue weighted by Crippen LogP contribution is 2.22. The van der Waals surface area contributed by atoms with Crippen LogP contribution in [0.15, 0.2) is 36.5 Å². The van der Waals surface area contributed by atoms with Gasteiger partial charge in [-0.15, -0.1) is 0 Å². The van der Waals surface area contributed by atoms with Crippen molar-refractivity contribution in [2.45, 2.75) is 19.4 Å². The minimum absolute atomic E-state index is 0.0412. The summed E-state index contributed by atoms with van der Waals surface area (Å²) in [4.78, 5) is 18.7. The highest BCUT2D eigenvalue weighted by molar-refractivity contribution is 6.05. The number of aliphatic hydroxyl groups excluding tert-OH is 1. The molecule has 1 aromatic heterocycles. The van der Waals surface area contributed by atoms with E-state index in [0.717, 1.165) is 10.8 Å². The van der Waals surface area contributed by atoms with Gasteiger partial charge in [0.1, 0.15) is 5.69 Å². The van der Waals surface area contributed by atoms with Gasteiger partial charge in [0.05, 0.1) is 6.10 Å². The number of amides is 1. The number of carbonyl (C=O) groups is 1. The van der Waals surface area contributed by atoms with Gasteiger partial charge in [-0.05, 0) is 23.8 Å². The van der Waals surface area contributed by atoms with Crippen LogP contribution in [0.2, 0.25) is 0 Å². The van der Waals surface area contributed by atoms with Crippen LogP contribution in [0.25, 0.3) is 10.8 Å². The number of likely N-dealkylation sites (tertiary alicyclic amines) is 1. The molecule has 2 heterocycles. The Bertz CT molecular complexity index is 636. The van der Waals surface area contributed by atoms with E-state index in [1.807, 2.05) is 37.3 Å². The van der Waals surface area contributed by atoms with Crippen LogP contribution in [0.1, 0.15) is 23.8 Å². The average molecular weight is 270 g/mol. The number of benzene rings is 1. The number of aromatic nitrogens is 1. The normalized spacial score (nSPS) is 23.0. The van der Waals surface area contributed by atoms with Crippen molar-refractivity contribution in [2.75, 3.05) is 13.1 Å². The Labute approximate surface area is 118 Å².